The van der Waals surface area contributed by atoms with Crippen molar-refractivity contribution in [3.8, 4) is 6.07 Å². The number of hydrogen-bond acceptors (Lipinski definition) is 2. The quantitative estimate of drug-likeness (QED) is 0.768. The molecular formula is C17H22N2. The first-order valence-electron chi connectivity index (χ1n) is 7.42. The van der Waals surface area contributed by atoms with E-state index in [1.165, 1.54) is 31.4 Å². The summed E-state index contributed by atoms with van der Waals surface area (Å²) in [5.74, 6) is 0.701. The highest BCUT2D eigenvalue weighted by atomic mass is 15.1. The van der Waals surface area contributed by atoms with Crippen molar-refractivity contribution in [2.45, 2.75) is 43.6 Å². The van der Waals surface area contributed by atoms with Crippen molar-refractivity contribution >= 4 is 0 Å². The molecule has 0 aromatic heterocycles. The van der Waals surface area contributed by atoms with Crippen LogP contribution in [0.1, 0.15) is 37.7 Å². The minimum Gasteiger partial charge on any atom is -0.303 e. The monoisotopic (exact) mass is 254 g/mol. The fraction of sp³-hybridized carbons (Fsp3) is 0.588. The van der Waals surface area contributed by atoms with Gasteiger partial charge in [0.25, 0.3) is 0 Å². The van der Waals surface area contributed by atoms with E-state index < -0.39 is 0 Å². The SMILES string of the molecule is CN1CCC[C@@H]2CC(C#N)(c3ccccc3)CC[C@H]21. The summed E-state index contributed by atoms with van der Waals surface area (Å²) >= 11 is 0. The van der Waals surface area contributed by atoms with E-state index in [0.717, 1.165) is 12.8 Å². The molecular weight excluding hydrogens is 232 g/mol. The zero-order valence-electron chi connectivity index (χ0n) is 11.7. The minimum atomic E-state index is -0.236. The molecule has 2 nitrogen and oxygen atoms in total. The summed E-state index contributed by atoms with van der Waals surface area (Å²) in [6.45, 7) is 1.23. The van der Waals surface area contributed by atoms with Crippen LogP contribution in [-0.4, -0.2) is 24.5 Å². The Morgan fingerprint density at radius 2 is 2.05 bits per heavy atom. The number of hydrogen-bond donors (Lipinski definition) is 0. The van der Waals surface area contributed by atoms with Crippen molar-refractivity contribution in [2.75, 3.05) is 13.6 Å². The van der Waals surface area contributed by atoms with Gasteiger partial charge in [-0.25, -0.2) is 0 Å². The van der Waals surface area contributed by atoms with Gasteiger partial charge in [0.1, 0.15) is 0 Å². The molecule has 0 amide bonds. The van der Waals surface area contributed by atoms with Crippen molar-refractivity contribution in [1.29, 1.82) is 5.26 Å². The van der Waals surface area contributed by atoms with Crippen LogP contribution in [0.5, 0.6) is 0 Å². The first-order valence-corrected chi connectivity index (χ1v) is 7.42. The second-order valence-electron chi connectivity index (χ2n) is 6.25. The number of fused-ring (bicyclic) bond motifs is 1. The van der Waals surface area contributed by atoms with E-state index in [1.54, 1.807) is 0 Å². The number of nitriles is 1. The highest BCUT2D eigenvalue weighted by Gasteiger charge is 2.44. The lowest BCUT2D eigenvalue weighted by atomic mass is 9.63. The van der Waals surface area contributed by atoms with Crippen molar-refractivity contribution in [3.05, 3.63) is 35.9 Å². The minimum absolute atomic E-state index is 0.236. The van der Waals surface area contributed by atoms with Crippen LogP contribution in [-0.2, 0) is 5.41 Å². The molecule has 1 saturated carbocycles. The Hall–Kier alpha value is -1.33. The fourth-order valence-corrected chi connectivity index (χ4v) is 4.14. The van der Waals surface area contributed by atoms with Crippen molar-refractivity contribution in [3.63, 3.8) is 0 Å². The second kappa shape index (κ2) is 4.98. The number of rotatable bonds is 1. The van der Waals surface area contributed by atoms with Crippen LogP contribution < -0.4 is 0 Å². The highest BCUT2D eigenvalue weighted by molar-refractivity contribution is 5.33. The molecule has 0 bridgehead atoms. The third-order valence-corrected chi connectivity index (χ3v) is 5.21. The number of nitrogens with zero attached hydrogens (tertiary/aromatic N) is 2. The first-order chi connectivity index (χ1) is 9.25. The van der Waals surface area contributed by atoms with E-state index in [2.05, 4.69) is 42.3 Å². The number of benzene rings is 1. The van der Waals surface area contributed by atoms with Gasteiger partial charge in [0.05, 0.1) is 11.5 Å². The van der Waals surface area contributed by atoms with E-state index in [0.29, 0.717) is 12.0 Å². The van der Waals surface area contributed by atoms with Gasteiger partial charge >= 0.3 is 0 Å². The van der Waals surface area contributed by atoms with Crippen LogP contribution in [0.2, 0.25) is 0 Å². The molecule has 1 unspecified atom stereocenters. The Bertz CT molecular complexity index is 476. The number of piperidine rings is 1. The average molecular weight is 254 g/mol. The Labute approximate surface area is 116 Å². The summed E-state index contributed by atoms with van der Waals surface area (Å²) in [5, 5.41) is 9.79. The average Bonchev–Trinajstić information content (AvgIpc) is 2.48. The summed E-state index contributed by atoms with van der Waals surface area (Å²) in [6, 6.07) is 13.8. The van der Waals surface area contributed by atoms with E-state index in [-0.39, 0.29) is 5.41 Å². The summed E-state index contributed by atoms with van der Waals surface area (Å²) in [4.78, 5) is 2.51. The lowest BCUT2D eigenvalue weighted by Crippen LogP contribution is -2.49. The van der Waals surface area contributed by atoms with Crippen LogP contribution >= 0.6 is 0 Å². The molecule has 1 aliphatic heterocycles. The molecule has 0 N–H and O–H groups in total. The zero-order chi connectivity index (χ0) is 13.3. The Kier molecular flexibility index (Phi) is 3.33. The first kappa shape index (κ1) is 12.7. The van der Waals surface area contributed by atoms with E-state index >= 15 is 0 Å². The Morgan fingerprint density at radius 1 is 1.26 bits per heavy atom. The lowest BCUT2D eigenvalue weighted by molar-refractivity contribution is 0.0623. The molecule has 3 atom stereocenters. The van der Waals surface area contributed by atoms with E-state index in [9.17, 15) is 5.26 Å². The van der Waals surface area contributed by atoms with Gasteiger partial charge in [0.2, 0.25) is 0 Å². The van der Waals surface area contributed by atoms with Crippen LogP contribution in [0, 0.1) is 17.2 Å². The lowest BCUT2D eigenvalue weighted by Gasteiger charge is -2.47. The van der Waals surface area contributed by atoms with E-state index in [1.807, 2.05) is 6.07 Å². The number of likely N-dealkylation sites (tertiary alicyclic amines) is 1. The molecule has 2 aliphatic rings. The summed E-state index contributed by atoms with van der Waals surface area (Å²) in [7, 11) is 2.25. The molecule has 1 aromatic rings. The zero-order valence-corrected chi connectivity index (χ0v) is 11.7. The molecule has 0 spiro atoms. The molecule has 19 heavy (non-hydrogen) atoms. The Balaban J connectivity index is 1.88. The molecule has 0 radical (unpaired) electrons. The molecule has 1 saturated heterocycles. The predicted molar refractivity (Wildman–Crippen MR) is 76.7 cm³/mol. The van der Waals surface area contributed by atoms with Gasteiger partial charge in [-0.3, -0.25) is 0 Å². The summed E-state index contributed by atoms with van der Waals surface area (Å²) in [5.41, 5.74) is 0.991. The molecule has 1 aromatic carbocycles. The summed E-state index contributed by atoms with van der Waals surface area (Å²) in [6.07, 6.45) is 5.81. The third kappa shape index (κ3) is 2.17. The second-order valence-corrected chi connectivity index (χ2v) is 6.25. The Morgan fingerprint density at radius 3 is 2.79 bits per heavy atom. The third-order valence-electron chi connectivity index (χ3n) is 5.21. The van der Waals surface area contributed by atoms with Gasteiger partial charge in [0, 0.05) is 6.04 Å². The van der Waals surface area contributed by atoms with Crippen molar-refractivity contribution in [2.24, 2.45) is 5.92 Å². The van der Waals surface area contributed by atoms with Gasteiger partial charge in [-0.15, -0.1) is 0 Å². The predicted octanol–water partition coefficient (Wildman–Crippen LogP) is 3.34. The smallest absolute Gasteiger partial charge is 0.0826 e. The molecule has 2 heteroatoms. The molecule has 2 fully saturated rings. The van der Waals surface area contributed by atoms with Crippen LogP contribution in [0.15, 0.2) is 30.3 Å². The maximum Gasteiger partial charge on any atom is 0.0826 e. The standard InChI is InChI=1S/C17H22N2/c1-19-11-5-6-14-12-17(13-18,10-9-16(14)19)15-7-3-2-4-8-15/h2-4,7-8,14,16H,5-6,9-12H2,1H3/t14-,16-,17?/m1/s1. The van der Waals surface area contributed by atoms with Gasteiger partial charge < -0.3 is 4.90 Å². The van der Waals surface area contributed by atoms with Gasteiger partial charge in [0.15, 0.2) is 0 Å². The van der Waals surface area contributed by atoms with Crippen molar-refractivity contribution < 1.29 is 0 Å². The van der Waals surface area contributed by atoms with Crippen LogP contribution in [0.3, 0.4) is 0 Å². The van der Waals surface area contributed by atoms with Crippen LogP contribution in [0.25, 0.3) is 0 Å². The maximum atomic E-state index is 9.79. The van der Waals surface area contributed by atoms with Gasteiger partial charge in [-0.1, -0.05) is 30.3 Å². The maximum absolute atomic E-state index is 9.79. The van der Waals surface area contributed by atoms with Crippen molar-refractivity contribution in [1.82, 2.24) is 4.90 Å². The largest absolute Gasteiger partial charge is 0.303 e. The fourth-order valence-electron chi connectivity index (χ4n) is 4.14. The topological polar surface area (TPSA) is 27.0 Å². The molecule has 1 aliphatic carbocycles. The van der Waals surface area contributed by atoms with E-state index in [4.69, 9.17) is 0 Å². The molecule has 3 rings (SSSR count). The highest BCUT2D eigenvalue weighted by Crippen LogP contribution is 2.45. The normalized spacial score (nSPS) is 35.4. The molecule has 1 heterocycles. The summed E-state index contributed by atoms with van der Waals surface area (Å²) < 4.78 is 0. The van der Waals surface area contributed by atoms with Gasteiger partial charge in [-0.05, 0) is 57.2 Å². The van der Waals surface area contributed by atoms with Crippen LogP contribution in [0.4, 0.5) is 0 Å². The van der Waals surface area contributed by atoms with Gasteiger partial charge in [-0.2, -0.15) is 5.26 Å². The molecule has 100 valence electrons.